The lowest BCUT2D eigenvalue weighted by Crippen LogP contribution is -2.37. The maximum absolute atomic E-state index is 13.2. The molecule has 1 aromatic heterocycles. The number of piperidine rings is 1. The second-order valence-electron chi connectivity index (χ2n) is 6.84. The van der Waals surface area contributed by atoms with Gasteiger partial charge in [0.05, 0.1) is 29.1 Å². The van der Waals surface area contributed by atoms with Gasteiger partial charge in [-0.2, -0.15) is 0 Å². The topological polar surface area (TPSA) is 64.4 Å². The number of hydrogen-bond acceptors (Lipinski definition) is 6. The zero-order chi connectivity index (χ0) is 19.5. The number of aryl methyl sites for hydroxylation is 1. The molecule has 0 unspecified atom stereocenters. The highest BCUT2D eigenvalue weighted by atomic mass is 32.2. The van der Waals surface area contributed by atoms with Crippen LogP contribution < -0.4 is 10.3 Å². The molecule has 28 heavy (non-hydrogen) atoms. The van der Waals surface area contributed by atoms with Gasteiger partial charge in [-0.15, -0.1) is 11.8 Å². The number of likely N-dealkylation sites (tertiary alicyclic amines) is 1. The largest absolute Gasteiger partial charge is 0.497 e. The monoisotopic (exact) mass is 417 g/mol. The van der Waals surface area contributed by atoms with E-state index in [2.05, 4.69) is 0 Å². The number of ether oxygens (including phenoxy) is 1. The second kappa shape index (κ2) is 8.61. The summed E-state index contributed by atoms with van der Waals surface area (Å²) in [6.07, 6.45) is 4.12. The Labute approximate surface area is 172 Å². The average Bonchev–Trinajstić information content (AvgIpc) is 3.21. The fourth-order valence-corrected chi connectivity index (χ4v) is 5.48. The number of benzene rings is 1. The highest BCUT2D eigenvalue weighted by molar-refractivity contribution is 8.00. The summed E-state index contributed by atoms with van der Waals surface area (Å²) in [7, 11) is 1.60. The molecule has 4 rings (SSSR count). The second-order valence-corrected chi connectivity index (χ2v) is 8.89. The summed E-state index contributed by atoms with van der Waals surface area (Å²) < 4.78 is 6.94. The molecule has 0 radical (unpaired) electrons. The minimum absolute atomic E-state index is 0.0614. The molecule has 0 spiro atoms. The van der Waals surface area contributed by atoms with E-state index in [0.717, 1.165) is 48.7 Å². The molecule has 2 aromatic rings. The molecule has 3 heterocycles. The number of carbonyl (C=O) groups is 1. The van der Waals surface area contributed by atoms with E-state index in [-0.39, 0.29) is 11.5 Å². The molecule has 0 N–H and O–H groups in total. The van der Waals surface area contributed by atoms with Gasteiger partial charge >= 0.3 is 0 Å². The van der Waals surface area contributed by atoms with E-state index < -0.39 is 0 Å². The molecule has 6 nitrogen and oxygen atoms in total. The van der Waals surface area contributed by atoms with Gasteiger partial charge in [0.25, 0.3) is 5.56 Å². The van der Waals surface area contributed by atoms with Crippen molar-refractivity contribution in [3.05, 3.63) is 40.3 Å². The quantitative estimate of drug-likeness (QED) is 0.551. The zero-order valence-electron chi connectivity index (χ0n) is 15.8. The maximum Gasteiger partial charge on any atom is 0.272 e. The number of nitrogens with zero attached hydrogens (tertiary/aromatic N) is 3. The molecule has 0 bridgehead atoms. The minimum atomic E-state index is -0.0614. The van der Waals surface area contributed by atoms with Crippen molar-refractivity contribution in [3.63, 3.8) is 0 Å². The molecule has 0 aliphatic carbocycles. The van der Waals surface area contributed by atoms with Gasteiger partial charge in [-0.25, -0.2) is 4.98 Å². The minimum Gasteiger partial charge on any atom is -0.497 e. The van der Waals surface area contributed by atoms with Crippen LogP contribution in [0.2, 0.25) is 0 Å². The van der Waals surface area contributed by atoms with Crippen LogP contribution in [-0.2, 0) is 11.2 Å². The maximum atomic E-state index is 13.2. The Balaban J connectivity index is 1.66. The first-order valence-electron chi connectivity index (χ1n) is 9.51. The smallest absolute Gasteiger partial charge is 0.272 e. The molecule has 8 heteroatoms. The first-order chi connectivity index (χ1) is 13.7. The lowest BCUT2D eigenvalue weighted by atomic mass is 10.1. The standard InChI is InChI=1S/C20H23N3O3S2/c1-26-15-7-5-6-14(12-15)23-19(25)18-16(8-11-27-18)21-20(23)28-13-17(24)22-9-3-2-4-10-22/h5-7,12H,2-4,8-11,13H2,1H3. The van der Waals surface area contributed by atoms with Crippen molar-refractivity contribution in [3.8, 4) is 11.4 Å². The fourth-order valence-electron chi connectivity index (χ4n) is 3.53. The van der Waals surface area contributed by atoms with Gasteiger partial charge in [0.15, 0.2) is 5.16 Å². The average molecular weight is 418 g/mol. The number of methoxy groups -OCH3 is 1. The van der Waals surface area contributed by atoms with E-state index >= 15 is 0 Å². The van der Waals surface area contributed by atoms with Crippen LogP contribution in [0.15, 0.2) is 39.1 Å². The normalized spacial score (nSPS) is 16.1. The summed E-state index contributed by atoms with van der Waals surface area (Å²) in [5, 5.41) is 0.574. The SMILES string of the molecule is COc1cccc(-n2c(SCC(=O)N3CCCCC3)nc3c(c2=O)SCC3)c1. The molecule has 0 atom stereocenters. The Morgan fingerprint density at radius 2 is 2.11 bits per heavy atom. The highest BCUT2D eigenvalue weighted by Crippen LogP contribution is 2.30. The van der Waals surface area contributed by atoms with Crippen molar-refractivity contribution < 1.29 is 9.53 Å². The van der Waals surface area contributed by atoms with Crippen molar-refractivity contribution >= 4 is 29.4 Å². The Hall–Kier alpha value is -1.93. The number of fused-ring (bicyclic) bond motifs is 1. The first-order valence-corrected chi connectivity index (χ1v) is 11.5. The van der Waals surface area contributed by atoms with Gasteiger partial charge in [0.2, 0.25) is 5.91 Å². The number of amides is 1. The van der Waals surface area contributed by atoms with E-state index in [1.54, 1.807) is 23.4 Å². The molecular weight excluding hydrogens is 394 g/mol. The molecule has 148 valence electrons. The van der Waals surface area contributed by atoms with Crippen molar-refractivity contribution in [2.24, 2.45) is 0 Å². The Bertz CT molecular complexity index is 939. The summed E-state index contributed by atoms with van der Waals surface area (Å²) >= 11 is 2.91. The summed E-state index contributed by atoms with van der Waals surface area (Å²) in [5.41, 5.74) is 1.50. The molecule has 1 fully saturated rings. The van der Waals surface area contributed by atoms with E-state index in [1.807, 2.05) is 29.2 Å². The van der Waals surface area contributed by atoms with Crippen LogP contribution in [-0.4, -0.2) is 52.1 Å². The summed E-state index contributed by atoms with van der Waals surface area (Å²) in [4.78, 5) is 33.2. The number of hydrogen-bond donors (Lipinski definition) is 0. The van der Waals surface area contributed by atoms with Gasteiger partial charge < -0.3 is 9.64 Å². The van der Waals surface area contributed by atoms with Crippen LogP contribution in [0, 0.1) is 0 Å². The number of rotatable bonds is 5. The summed E-state index contributed by atoms with van der Waals surface area (Å²) in [6.45, 7) is 1.66. The van der Waals surface area contributed by atoms with Crippen molar-refractivity contribution in [2.45, 2.75) is 35.7 Å². The van der Waals surface area contributed by atoms with Gasteiger partial charge in [-0.05, 0) is 31.4 Å². The summed E-state index contributed by atoms with van der Waals surface area (Å²) in [6, 6.07) is 7.39. The van der Waals surface area contributed by atoms with Crippen molar-refractivity contribution in [2.75, 3.05) is 31.7 Å². The molecular formula is C20H23N3O3S2. The molecule has 2 aliphatic heterocycles. The lowest BCUT2D eigenvalue weighted by Gasteiger charge is -2.26. The predicted molar refractivity (Wildman–Crippen MR) is 112 cm³/mol. The molecule has 1 saturated heterocycles. The van der Waals surface area contributed by atoms with Crippen LogP contribution >= 0.6 is 23.5 Å². The Kier molecular flexibility index (Phi) is 5.96. The lowest BCUT2D eigenvalue weighted by molar-refractivity contribution is -0.129. The molecule has 2 aliphatic rings. The van der Waals surface area contributed by atoms with Crippen LogP contribution in [0.25, 0.3) is 5.69 Å². The van der Waals surface area contributed by atoms with Crippen LogP contribution in [0.3, 0.4) is 0 Å². The molecule has 1 amide bonds. The Morgan fingerprint density at radius 1 is 1.29 bits per heavy atom. The zero-order valence-corrected chi connectivity index (χ0v) is 17.5. The number of carbonyl (C=O) groups excluding carboxylic acids is 1. The van der Waals surface area contributed by atoms with Crippen molar-refractivity contribution in [1.29, 1.82) is 0 Å². The number of aromatic nitrogens is 2. The van der Waals surface area contributed by atoms with Gasteiger partial charge in [-0.1, -0.05) is 17.8 Å². The Morgan fingerprint density at radius 3 is 2.89 bits per heavy atom. The fraction of sp³-hybridized carbons (Fsp3) is 0.450. The van der Waals surface area contributed by atoms with E-state index in [4.69, 9.17) is 9.72 Å². The van der Waals surface area contributed by atoms with Crippen LogP contribution in [0.5, 0.6) is 5.75 Å². The third-order valence-electron chi connectivity index (χ3n) is 5.01. The first kappa shape index (κ1) is 19.4. The summed E-state index contributed by atoms with van der Waals surface area (Å²) in [5.74, 6) is 1.96. The molecule has 1 aromatic carbocycles. The molecule has 0 saturated carbocycles. The van der Waals surface area contributed by atoms with Crippen LogP contribution in [0.1, 0.15) is 25.0 Å². The third-order valence-corrected chi connectivity index (χ3v) is 7.04. The highest BCUT2D eigenvalue weighted by Gasteiger charge is 2.24. The van der Waals surface area contributed by atoms with Crippen molar-refractivity contribution in [1.82, 2.24) is 14.5 Å². The third kappa shape index (κ3) is 3.93. The predicted octanol–water partition coefficient (Wildman–Crippen LogP) is 2.99. The van der Waals surface area contributed by atoms with Gasteiger partial charge in [-0.3, -0.25) is 14.2 Å². The van der Waals surface area contributed by atoms with Crippen LogP contribution in [0.4, 0.5) is 0 Å². The van der Waals surface area contributed by atoms with E-state index in [1.165, 1.54) is 18.2 Å². The van der Waals surface area contributed by atoms with E-state index in [0.29, 0.717) is 22.3 Å². The van der Waals surface area contributed by atoms with Gasteiger partial charge in [0, 0.05) is 31.3 Å². The van der Waals surface area contributed by atoms with Gasteiger partial charge in [0.1, 0.15) is 5.75 Å². The van der Waals surface area contributed by atoms with E-state index in [9.17, 15) is 9.59 Å². The number of thioether (sulfide) groups is 2.